The number of aryl methyl sites for hydroxylation is 1. The van der Waals surface area contributed by atoms with Gasteiger partial charge in [-0.25, -0.2) is 9.98 Å². The third-order valence-corrected chi connectivity index (χ3v) is 5.59. The zero-order valence-corrected chi connectivity index (χ0v) is 19.4. The summed E-state index contributed by atoms with van der Waals surface area (Å²) in [6.45, 7) is 6.16. The van der Waals surface area contributed by atoms with E-state index in [0.29, 0.717) is 19.0 Å². The van der Waals surface area contributed by atoms with Crippen molar-refractivity contribution in [2.24, 2.45) is 12.0 Å². The maximum Gasteiger partial charge on any atom is 0.191 e. The lowest BCUT2D eigenvalue weighted by atomic mass is 10.00. The molecule has 0 fully saturated rings. The fourth-order valence-corrected chi connectivity index (χ4v) is 3.65. The fraction of sp³-hybridized carbons (Fsp3) is 0.320. The van der Waals surface area contributed by atoms with Crippen LogP contribution in [0.1, 0.15) is 30.5 Å². The molecule has 0 saturated heterocycles. The number of fused-ring (bicyclic) bond motifs is 1. The molecule has 0 aliphatic rings. The van der Waals surface area contributed by atoms with Crippen molar-refractivity contribution in [3.05, 3.63) is 83.9 Å². The predicted molar refractivity (Wildman–Crippen MR) is 131 cm³/mol. The third kappa shape index (κ3) is 5.59. The number of imidazole rings is 1. The van der Waals surface area contributed by atoms with Crippen LogP contribution in [-0.4, -0.2) is 43.5 Å². The SMILES string of the molecule is CCNC(=NCc1ccc(Cn2cnc3ccccc32)cc1)NCC(C)(O)c1cnn(C)c1. The molecule has 0 amide bonds. The minimum atomic E-state index is -1.05. The van der Waals surface area contributed by atoms with Crippen molar-refractivity contribution < 1.29 is 5.11 Å². The molecule has 0 spiro atoms. The zero-order chi connectivity index (χ0) is 23.3. The zero-order valence-electron chi connectivity index (χ0n) is 19.4. The summed E-state index contributed by atoms with van der Waals surface area (Å²) < 4.78 is 3.84. The largest absolute Gasteiger partial charge is 0.383 e. The van der Waals surface area contributed by atoms with E-state index in [1.165, 1.54) is 5.56 Å². The molecule has 33 heavy (non-hydrogen) atoms. The number of nitrogens with one attached hydrogen (secondary N) is 2. The van der Waals surface area contributed by atoms with E-state index < -0.39 is 5.60 Å². The Morgan fingerprint density at radius 1 is 1.09 bits per heavy atom. The molecule has 0 bridgehead atoms. The van der Waals surface area contributed by atoms with Crippen LogP contribution < -0.4 is 10.6 Å². The molecule has 8 nitrogen and oxygen atoms in total. The topological polar surface area (TPSA) is 92.3 Å². The van der Waals surface area contributed by atoms with E-state index in [2.05, 4.69) is 60.6 Å². The Balaban J connectivity index is 1.37. The molecule has 4 aromatic rings. The average molecular weight is 446 g/mol. The number of aliphatic hydroxyl groups is 1. The summed E-state index contributed by atoms with van der Waals surface area (Å²) in [5, 5.41) is 21.4. The molecule has 0 aliphatic heterocycles. The summed E-state index contributed by atoms with van der Waals surface area (Å²) in [7, 11) is 1.83. The molecule has 0 saturated carbocycles. The number of benzene rings is 2. The van der Waals surface area contributed by atoms with Gasteiger partial charge in [-0.3, -0.25) is 4.68 Å². The Kier molecular flexibility index (Phi) is 6.74. The van der Waals surface area contributed by atoms with E-state index in [9.17, 15) is 5.11 Å². The van der Waals surface area contributed by atoms with Crippen LogP contribution in [0.3, 0.4) is 0 Å². The minimum absolute atomic E-state index is 0.322. The minimum Gasteiger partial charge on any atom is -0.383 e. The quantitative estimate of drug-likeness (QED) is 0.287. The smallest absolute Gasteiger partial charge is 0.191 e. The van der Waals surface area contributed by atoms with Gasteiger partial charge >= 0.3 is 0 Å². The van der Waals surface area contributed by atoms with Crippen LogP contribution in [0, 0.1) is 0 Å². The molecule has 1 unspecified atom stereocenters. The third-order valence-electron chi connectivity index (χ3n) is 5.59. The molecule has 0 radical (unpaired) electrons. The van der Waals surface area contributed by atoms with Crippen molar-refractivity contribution in [2.75, 3.05) is 13.1 Å². The summed E-state index contributed by atoms with van der Waals surface area (Å²) in [6.07, 6.45) is 5.39. The van der Waals surface area contributed by atoms with Gasteiger partial charge in [0.1, 0.15) is 5.60 Å². The van der Waals surface area contributed by atoms with Gasteiger partial charge in [0.25, 0.3) is 0 Å². The van der Waals surface area contributed by atoms with Gasteiger partial charge in [0, 0.05) is 31.9 Å². The Morgan fingerprint density at radius 3 is 2.58 bits per heavy atom. The first-order chi connectivity index (χ1) is 15.9. The second kappa shape index (κ2) is 9.87. The average Bonchev–Trinajstić information content (AvgIpc) is 3.44. The first-order valence-electron chi connectivity index (χ1n) is 11.2. The Hall–Kier alpha value is -3.65. The summed E-state index contributed by atoms with van der Waals surface area (Å²) in [5.74, 6) is 0.663. The van der Waals surface area contributed by atoms with Crippen molar-refractivity contribution in [1.82, 2.24) is 30.0 Å². The molecule has 2 aromatic carbocycles. The van der Waals surface area contributed by atoms with E-state index in [4.69, 9.17) is 0 Å². The maximum atomic E-state index is 10.8. The fourth-order valence-electron chi connectivity index (χ4n) is 3.65. The van der Waals surface area contributed by atoms with Crippen molar-refractivity contribution in [2.45, 2.75) is 32.5 Å². The van der Waals surface area contributed by atoms with Crippen LogP contribution in [0.2, 0.25) is 0 Å². The highest BCUT2D eigenvalue weighted by molar-refractivity contribution is 5.79. The lowest BCUT2D eigenvalue weighted by molar-refractivity contribution is 0.0616. The van der Waals surface area contributed by atoms with Crippen LogP contribution in [0.15, 0.2) is 72.2 Å². The molecule has 0 aliphatic carbocycles. The molecule has 3 N–H and O–H groups in total. The van der Waals surface area contributed by atoms with Crippen LogP contribution in [-0.2, 0) is 25.7 Å². The van der Waals surface area contributed by atoms with Gasteiger partial charge in [-0.05, 0) is 37.1 Å². The number of hydrogen-bond donors (Lipinski definition) is 3. The Labute approximate surface area is 194 Å². The van der Waals surface area contributed by atoms with Crippen LogP contribution in [0.25, 0.3) is 11.0 Å². The van der Waals surface area contributed by atoms with Crippen molar-refractivity contribution in [1.29, 1.82) is 0 Å². The summed E-state index contributed by atoms with van der Waals surface area (Å²) in [6, 6.07) is 16.6. The highest BCUT2D eigenvalue weighted by Crippen LogP contribution is 2.18. The van der Waals surface area contributed by atoms with Crippen molar-refractivity contribution in [3.63, 3.8) is 0 Å². The van der Waals surface area contributed by atoms with Gasteiger partial charge in [-0.15, -0.1) is 0 Å². The standard InChI is InChI=1S/C25H31N7O/c1-4-26-24(28-17-25(2,33)21-14-30-31(3)16-21)27-13-19-9-11-20(12-10-19)15-32-18-29-22-7-5-6-8-23(22)32/h5-12,14,16,18,33H,4,13,15,17H2,1-3H3,(H2,26,27,28). The van der Waals surface area contributed by atoms with Gasteiger partial charge in [-0.2, -0.15) is 5.10 Å². The Bertz CT molecular complexity index is 1220. The van der Waals surface area contributed by atoms with Gasteiger partial charge in [0.2, 0.25) is 0 Å². The molecule has 172 valence electrons. The van der Waals surface area contributed by atoms with Crippen molar-refractivity contribution in [3.8, 4) is 0 Å². The summed E-state index contributed by atoms with van der Waals surface area (Å²) >= 11 is 0. The lowest BCUT2D eigenvalue weighted by Gasteiger charge is -2.23. The molecule has 8 heteroatoms. The molecular weight excluding hydrogens is 414 g/mol. The first-order valence-corrected chi connectivity index (χ1v) is 11.2. The van der Waals surface area contributed by atoms with E-state index >= 15 is 0 Å². The maximum absolute atomic E-state index is 10.8. The van der Waals surface area contributed by atoms with Gasteiger partial charge in [-0.1, -0.05) is 36.4 Å². The number of guanidine groups is 1. The van der Waals surface area contributed by atoms with E-state index in [0.717, 1.165) is 35.2 Å². The lowest BCUT2D eigenvalue weighted by Crippen LogP contribution is -2.44. The monoisotopic (exact) mass is 445 g/mol. The van der Waals surface area contributed by atoms with Gasteiger partial charge < -0.3 is 20.3 Å². The molecule has 2 heterocycles. The number of rotatable bonds is 8. The molecule has 1 atom stereocenters. The molecule has 2 aromatic heterocycles. The normalized spacial score (nSPS) is 13.8. The van der Waals surface area contributed by atoms with Crippen LogP contribution >= 0.6 is 0 Å². The second-order valence-corrected chi connectivity index (χ2v) is 8.40. The van der Waals surface area contributed by atoms with E-state index in [-0.39, 0.29) is 0 Å². The van der Waals surface area contributed by atoms with Crippen molar-refractivity contribution >= 4 is 17.0 Å². The van der Waals surface area contributed by atoms with Crippen LogP contribution in [0.5, 0.6) is 0 Å². The highest BCUT2D eigenvalue weighted by atomic mass is 16.3. The number of para-hydroxylation sites is 2. The summed E-state index contributed by atoms with van der Waals surface area (Å²) in [5.41, 5.74) is 4.18. The second-order valence-electron chi connectivity index (χ2n) is 8.40. The number of aromatic nitrogens is 4. The Morgan fingerprint density at radius 2 is 1.85 bits per heavy atom. The molecular formula is C25H31N7O. The number of aliphatic imine (C=N–C) groups is 1. The van der Waals surface area contributed by atoms with Gasteiger partial charge in [0.15, 0.2) is 5.96 Å². The van der Waals surface area contributed by atoms with E-state index in [1.807, 2.05) is 44.7 Å². The predicted octanol–water partition coefficient (Wildman–Crippen LogP) is 2.78. The molecule has 4 rings (SSSR count). The number of hydrogen-bond acceptors (Lipinski definition) is 4. The van der Waals surface area contributed by atoms with Crippen LogP contribution in [0.4, 0.5) is 0 Å². The van der Waals surface area contributed by atoms with E-state index in [1.54, 1.807) is 17.8 Å². The summed E-state index contributed by atoms with van der Waals surface area (Å²) in [4.78, 5) is 9.14. The van der Waals surface area contributed by atoms with Gasteiger partial charge in [0.05, 0.1) is 36.6 Å². The number of nitrogens with zero attached hydrogens (tertiary/aromatic N) is 5. The first kappa shape index (κ1) is 22.5. The highest BCUT2D eigenvalue weighted by Gasteiger charge is 2.25.